The molecule has 1 aliphatic rings. The molecule has 1 fully saturated rings. The standard InChI is InChI=1S/C16H20BrFN4O5/c1-15(2,3)27-14(24)21-8-4-7-16(18,9-21)13(23)20-12-10(22(25)26)5-6-11(17)19-12/h5-6H,4,7-9H2,1-3H3,(H,19,20,23). The maximum atomic E-state index is 15.3. The van der Waals surface area contributed by atoms with Gasteiger partial charge >= 0.3 is 11.8 Å². The van der Waals surface area contributed by atoms with Crippen molar-refractivity contribution in [3.63, 3.8) is 0 Å². The molecule has 1 aromatic rings. The van der Waals surface area contributed by atoms with E-state index in [0.717, 1.165) is 11.0 Å². The zero-order valence-corrected chi connectivity index (χ0v) is 16.7. The molecule has 1 saturated heterocycles. The molecule has 0 spiro atoms. The van der Waals surface area contributed by atoms with E-state index in [4.69, 9.17) is 4.74 Å². The normalized spacial score (nSPS) is 20.1. The van der Waals surface area contributed by atoms with Crippen LogP contribution < -0.4 is 5.32 Å². The molecule has 2 heterocycles. The van der Waals surface area contributed by atoms with Crippen LogP contribution in [0.3, 0.4) is 0 Å². The predicted octanol–water partition coefficient (Wildman–Crippen LogP) is 3.43. The van der Waals surface area contributed by atoms with Crippen LogP contribution in [-0.2, 0) is 9.53 Å². The number of pyridine rings is 1. The fourth-order valence-electron chi connectivity index (χ4n) is 2.57. The fraction of sp³-hybridized carbons (Fsp3) is 0.562. The lowest BCUT2D eigenvalue weighted by atomic mass is 9.94. The highest BCUT2D eigenvalue weighted by atomic mass is 79.9. The molecular formula is C16H20BrFN4O5. The lowest BCUT2D eigenvalue weighted by Gasteiger charge is -2.36. The van der Waals surface area contributed by atoms with Crippen molar-refractivity contribution in [3.8, 4) is 0 Å². The van der Waals surface area contributed by atoms with Crippen LogP contribution in [0.2, 0.25) is 0 Å². The number of nitrogens with zero attached hydrogens (tertiary/aromatic N) is 3. The van der Waals surface area contributed by atoms with Crippen LogP contribution in [0.15, 0.2) is 16.7 Å². The summed E-state index contributed by atoms with van der Waals surface area (Å²) in [5.74, 6) is -1.46. The molecular weight excluding hydrogens is 427 g/mol. The van der Waals surface area contributed by atoms with E-state index in [1.165, 1.54) is 6.07 Å². The number of hydrogen-bond donors (Lipinski definition) is 1. The largest absolute Gasteiger partial charge is 0.444 e. The molecule has 0 aliphatic carbocycles. The molecule has 1 aromatic heterocycles. The zero-order chi connectivity index (χ0) is 20.4. The number of carbonyl (C=O) groups is 2. The second-order valence-electron chi connectivity index (χ2n) is 7.18. The van der Waals surface area contributed by atoms with Gasteiger partial charge in [0, 0.05) is 12.6 Å². The van der Waals surface area contributed by atoms with E-state index in [1.54, 1.807) is 20.8 Å². The number of amides is 2. The minimum atomic E-state index is -2.41. The first-order chi connectivity index (χ1) is 12.4. The molecule has 2 amide bonds. The van der Waals surface area contributed by atoms with Crippen molar-refractivity contribution in [2.75, 3.05) is 18.4 Å². The Labute approximate surface area is 163 Å². The minimum absolute atomic E-state index is 0.125. The Morgan fingerprint density at radius 3 is 2.70 bits per heavy atom. The third-order valence-electron chi connectivity index (χ3n) is 3.77. The number of nitrogens with one attached hydrogen (secondary N) is 1. The van der Waals surface area contributed by atoms with Gasteiger partial charge in [-0.1, -0.05) is 0 Å². The molecule has 0 aromatic carbocycles. The number of nitro groups is 1. The van der Waals surface area contributed by atoms with Crippen LogP contribution >= 0.6 is 15.9 Å². The van der Waals surface area contributed by atoms with Gasteiger partial charge in [0.05, 0.1) is 11.5 Å². The van der Waals surface area contributed by atoms with Crippen LogP contribution in [0.25, 0.3) is 0 Å². The highest BCUT2D eigenvalue weighted by Crippen LogP contribution is 2.30. The smallest absolute Gasteiger partial charge is 0.410 e. The maximum Gasteiger partial charge on any atom is 0.410 e. The molecule has 27 heavy (non-hydrogen) atoms. The van der Waals surface area contributed by atoms with Gasteiger partial charge in [-0.2, -0.15) is 0 Å². The number of halogens is 2. The molecule has 1 aliphatic heterocycles. The van der Waals surface area contributed by atoms with Crippen molar-refractivity contribution in [2.24, 2.45) is 0 Å². The summed E-state index contributed by atoms with van der Waals surface area (Å²) in [6.45, 7) is 4.80. The summed E-state index contributed by atoms with van der Waals surface area (Å²) in [5.41, 5.74) is -3.63. The van der Waals surface area contributed by atoms with Crippen molar-refractivity contribution in [3.05, 3.63) is 26.9 Å². The fourth-order valence-corrected chi connectivity index (χ4v) is 2.87. The van der Waals surface area contributed by atoms with Crippen LogP contribution in [0.5, 0.6) is 0 Å². The van der Waals surface area contributed by atoms with E-state index >= 15 is 4.39 Å². The van der Waals surface area contributed by atoms with Gasteiger partial charge in [-0.3, -0.25) is 14.9 Å². The third kappa shape index (κ3) is 5.34. The summed E-state index contributed by atoms with van der Waals surface area (Å²) in [6, 6.07) is 2.48. The number of carbonyl (C=O) groups excluding carboxylic acids is 2. The van der Waals surface area contributed by atoms with Crippen molar-refractivity contribution in [1.82, 2.24) is 9.88 Å². The Morgan fingerprint density at radius 1 is 1.44 bits per heavy atom. The lowest BCUT2D eigenvalue weighted by molar-refractivity contribution is -0.384. The summed E-state index contributed by atoms with van der Waals surface area (Å²) in [4.78, 5) is 40.0. The molecule has 1 atom stereocenters. The number of rotatable bonds is 3. The third-order valence-corrected chi connectivity index (χ3v) is 4.21. The monoisotopic (exact) mass is 446 g/mol. The molecule has 1 N–H and O–H groups in total. The molecule has 1 unspecified atom stereocenters. The van der Waals surface area contributed by atoms with Crippen molar-refractivity contribution in [1.29, 1.82) is 0 Å². The van der Waals surface area contributed by atoms with Crippen molar-refractivity contribution in [2.45, 2.75) is 44.9 Å². The van der Waals surface area contributed by atoms with Gasteiger partial charge in [-0.15, -0.1) is 0 Å². The second kappa shape index (κ2) is 7.75. The van der Waals surface area contributed by atoms with Crippen LogP contribution in [0, 0.1) is 10.1 Å². The van der Waals surface area contributed by atoms with Crippen LogP contribution in [0.4, 0.5) is 20.7 Å². The number of aromatic nitrogens is 1. The van der Waals surface area contributed by atoms with Gasteiger partial charge in [0.25, 0.3) is 5.91 Å². The summed E-state index contributed by atoms with van der Waals surface area (Å²) in [6.07, 6.45) is -0.597. The first-order valence-electron chi connectivity index (χ1n) is 8.20. The van der Waals surface area contributed by atoms with E-state index in [-0.39, 0.29) is 29.8 Å². The summed E-state index contributed by atoms with van der Waals surface area (Å²) in [5, 5.41) is 13.3. The molecule has 2 rings (SSSR count). The molecule has 11 heteroatoms. The Hall–Kier alpha value is -2.30. The zero-order valence-electron chi connectivity index (χ0n) is 15.1. The molecule has 9 nitrogen and oxygen atoms in total. The SMILES string of the molecule is CC(C)(C)OC(=O)N1CCCC(F)(C(=O)Nc2nc(Br)ccc2[N+](=O)[O-])C1. The van der Waals surface area contributed by atoms with Crippen LogP contribution in [-0.4, -0.2) is 51.2 Å². The van der Waals surface area contributed by atoms with E-state index in [1.807, 2.05) is 0 Å². The summed E-state index contributed by atoms with van der Waals surface area (Å²) >= 11 is 3.05. The second-order valence-corrected chi connectivity index (χ2v) is 8.00. The van der Waals surface area contributed by atoms with Gasteiger partial charge < -0.3 is 15.0 Å². The highest BCUT2D eigenvalue weighted by molar-refractivity contribution is 9.10. The lowest BCUT2D eigenvalue weighted by Crippen LogP contribution is -2.54. The first kappa shape index (κ1) is 21.0. The Morgan fingerprint density at radius 2 is 2.11 bits per heavy atom. The number of alkyl halides is 1. The molecule has 0 radical (unpaired) electrons. The molecule has 0 saturated carbocycles. The average Bonchev–Trinajstić information content (AvgIpc) is 2.53. The highest BCUT2D eigenvalue weighted by Gasteiger charge is 2.45. The Bertz CT molecular complexity index is 770. The predicted molar refractivity (Wildman–Crippen MR) is 98.1 cm³/mol. The number of anilines is 1. The van der Waals surface area contributed by atoms with Gasteiger partial charge in [0.1, 0.15) is 10.2 Å². The Kier molecular flexibility index (Phi) is 6.03. The topological polar surface area (TPSA) is 115 Å². The van der Waals surface area contributed by atoms with E-state index in [2.05, 4.69) is 26.2 Å². The number of hydrogen-bond acceptors (Lipinski definition) is 6. The maximum absolute atomic E-state index is 15.3. The minimum Gasteiger partial charge on any atom is -0.444 e. The van der Waals surface area contributed by atoms with Crippen LogP contribution in [0.1, 0.15) is 33.6 Å². The summed E-state index contributed by atoms with van der Waals surface area (Å²) in [7, 11) is 0. The van der Waals surface area contributed by atoms with Gasteiger partial charge in [0.2, 0.25) is 11.5 Å². The first-order valence-corrected chi connectivity index (χ1v) is 9.00. The number of ether oxygens (including phenoxy) is 1. The number of piperidine rings is 1. The van der Waals surface area contributed by atoms with E-state index in [9.17, 15) is 19.7 Å². The van der Waals surface area contributed by atoms with Crippen molar-refractivity contribution < 1.29 is 23.6 Å². The van der Waals surface area contributed by atoms with Gasteiger partial charge in [-0.25, -0.2) is 14.2 Å². The van der Waals surface area contributed by atoms with Crippen molar-refractivity contribution >= 4 is 39.4 Å². The molecule has 148 valence electrons. The molecule has 0 bridgehead atoms. The van der Waals surface area contributed by atoms with E-state index < -0.39 is 40.4 Å². The average molecular weight is 447 g/mol. The Balaban J connectivity index is 2.17. The summed E-state index contributed by atoms with van der Waals surface area (Å²) < 4.78 is 20.7. The quantitative estimate of drug-likeness (QED) is 0.431. The van der Waals surface area contributed by atoms with Gasteiger partial charge in [-0.05, 0) is 55.6 Å². The van der Waals surface area contributed by atoms with E-state index in [0.29, 0.717) is 0 Å². The number of likely N-dealkylation sites (tertiary alicyclic amines) is 1. The van der Waals surface area contributed by atoms with Gasteiger partial charge in [0.15, 0.2) is 0 Å².